The van der Waals surface area contributed by atoms with Gasteiger partial charge < -0.3 is 34.3 Å². The summed E-state index contributed by atoms with van der Waals surface area (Å²) in [6, 6.07) is 0. The summed E-state index contributed by atoms with van der Waals surface area (Å²) >= 11 is 0. The summed E-state index contributed by atoms with van der Waals surface area (Å²) in [5, 5.41) is 30.7. The molecule has 6 unspecified atom stereocenters. The van der Waals surface area contributed by atoms with E-state index in [1.807, 2.05) is 0 Å². The van der Waals surface area contributed by atoms with Crippen molar-refractivity contribution in [1.29, 1.82) is 0 Å². The SMILES string of the molecule is CC/C=C\C/C=C\C/C=C\C/C=C\C/C=C\C/C=C\C/C=C\CCCCOCC(COC1OC(CO)C(O)C(OS(=O)(=O)O)C1O)OC(=O)CCCCCCC/C=C\C/C=C\CCCC. The standard InChI is InChI=1S/C52H84O12S/c1-3-5-7-9-11-13-15-17-19-20-21-22-23-24-25-26-27-28-30-32-34-36-38-40-42-60-44-46(45-61-52-50(56)51(64-65(57,58)59)49(55)47(43-53)63-52)62-48(54)41-39-37-35-33-31-29-18-16-14-12-10-8-6-4-2/h5,7,10-13,16-19,21-22,24-25,27-28,32,34,46-47,49-53,55-56H,3-4,6,8-9,14-15,20,23,26,29-31,33,35-45H2,1-2H3,(H,57,58,59)/b7-5-,12-10-,13-11-,18-16-,19-17-,22-21-,25-24-,28-27-,34-32-. The van der Waals surface area contributed by atoms with Gasteiger partial charge in [0.15, 0.2) is 6.29 Å². The van der Waals surface area contributed by atoms with Gasteiger partial charge in [-0.15, -0.1) is 0 Å². The highest BCUT2D eigenvalue weighted by Gasteiger charge is 2.48. The van der Waals surface area contributed by atoms with Crippen molar-refractivity contribution in [3.8, 4) is 0 Å². The summed E-state index contributed by atoms with van der Waals surface area (Å²) in [7, 11) is -5.08. The monoisotopic (exact) mass is 933 g/mol. The van der Waals surface area contributed by atoms with Crippen LogP contribution in [0.1, 0.15) is 149 Å². The molecule has 1 saturated heterocycles. The van der Waals surface area contributed by atoms with Gasteiger partial charge in [-0.05, 0) is 96.3 Å². The van der Waals surface area contributed by atoms with Crippen molar-refractivity contribution in [3.63, 3.8) is 0 Å². The molecule has 0 aromatic rings. The molecule has 0 saturated carbocycles. The lowest BCUT2D eigenvalue weighted by Gasteiger charge is -2.41. The maximum absolute atomic E-state index is 12.9. The third kappa shape index (κ3) is 35.6. The average Bonchev–Trinajstić information content (AvgIpc) is 3.28. The maximum Gasteiger partial charge on any atom is 0.397 e. The minimum absolute atomic E-state index is 0.00781. The van der Waals surface area contributed by atoms with Crippen molar-refractivity contribution in [2.75, 3.05) is 26.4 Å². The molecule has 1 rings (SSSR count). The topological polar surface area (TPSA) is 178 Å². The highest BCUT2D eigenvalue weighted by atomic mass is 32.3. The van der Waals surface area contributed by atoms with Gasteiger partial charge in [0.05, 0.1) is 19.8 Å². The van der Waals surface area contributed by atoms with Crippen LogP contribution >= 0.6 is 0 Å². The third-order valence-electron chi connectivity index (χ3n) is 10.1. The van der Waals surface area contributed by atoms with Crippen LogP contribution in [-0.2, 0) is 38.3 Å². The molecule has 0 amide bonds. The fourth-order valence-electron chi connectivity index (χ4n) is 6.49. The second-order valence-corrected chi connectivity index (χ2v) is 17.0. The van der Waals surface area contributed by atoms with E-state index in [1.165, 1.54) is 12.8 Å². The molecular formula is C52H84O12S. The number of aliphatic hydroxyl groups excluding tert-OH is 3. The van der Waals surface area contributed by atoms with Gasteiger partial charge in [0, 0.05) is 13.0 Å². The molecule has 0 bridgehead atoms. The molecule has 65 heavy (non-hydrogen) atoms. The van der Waals surface area contributed by atoms with E-state index in [9.17, 15) is 33.1 Å². The van der Waals surface area contributed by atoms with Crippen molar-refractivity contribution in [2.24, 2.45) is 0 Å². The molecule has 1 heterocycles. The van der Waals surface area contributed by atoms with Crippen LogP contribution in [0.2, 0.25) is 0 Å². The zero-order chi connectivity index (χ0) is 47.5. The van der Waals surface area contributed by atoms with Crippen LogP contribution < -0.4 is 0 Å². The Morgan fingerprint density at radius 2 is 1.06 bits per heavy atom. The van der Waals surface area contributed by atoms with Crippen LogP contribution in [0.5, 0.6) is 0 Å². The second-order valence-electron chi connectivity index (χ2n) is 16.0. The lowest BCUT2D eigenvalue weighted by Crippen LogP contribution is -2.60. The Morgan fingerprint density at radius 1 is 0.600 bits per heavy atom. The zero-order valence-electron chi connectivity index (χ0n) is 39.5. The van der Waals surface area contributed by atoms with E-state index in [0.717, 1.165) is 109 Å². The fraction of sp³-hybridized carbons (Fsp3) is 0.635. The third-order valence-corrected chi connectivity index (χ3v) is 10.6. The molecular weight excluding hydrogens is 849 g/mol. The molecule has 6 atom stereocenters. The summed E-state index contributed by atoms with van der Waals surface area (Å²) in [6.45, 7) is 3.67. The van der Waals surface area contributed by atoms with Crippen molar-refractivity contribution in [2.45, 2.75) is 185 Å². The highest BCUT2D eigenvalue weighted by molar-refractivity contribution is 7.80. The number of hydrogen-bond donors (Lipinski definition) is 4. The number of ether oxygens (including phenoxy) is 4. The molecule has 370 valence electrons. The number of carbonyl (C=O) groups excluding carboxylic acids is 1. The highest BCUT2D eigenvalue weighted by Crippen LogP contribution is 2.26. The fourth-order valence-corrected chi connectivity index (χ4v) is 7.00. The van der Waals surface area contributed by atoms with E-state index in [-0.39, 0.29) is 19.6 Å². The number of aliphatic hydroxyl groups is 3. The molecule has 0 spiro atoms. The molecule has 13 heteroatoms. The smallest absolute Gasteiger partial charge is 0.397 e. The first-order valence-electron chi connectivity index (χ1n) is 24.1. The van der Waals surface area contributed by atoms with Crippen molar-refractivity contribution in [3.05, 3.63) is 109 Å². The van der Waals surface area contributed by atoms with Crippen LogP contribution in [0.3, 0.4) is 0 Å². The van der Waals surface area contributed by atoms with Gasteiger partial charge in [0.25, 0.3) is 0 Å². The number of unbranched alkanes of at least 4 members (excludes halogenated alkanes) is 9. The molecule has 4 N–H and O–H groups in total. The Labute approximate surface area is 392 Å². The number of hydrogen-bond acceptors (Lipinski definition) is 11. The maximum atomic E-state index is 12.9. The lowest BCUT2D eigenvalue weighted by molar-refractivity contribution is -0.301. The number of rotatable bonds is 40. The molecule has 1 aliphatic rings. The van der Waals surface area contributed by atoms with Gasteiger partial charge in [-0.1, -0.05) is 155 Å². The Bertz CT molecular complexity index is 1540. The first-order valence-corrected chi connectivity index (χ1v) is 25.5. The largest absolute Gasteiger partial charge is 0.457 e. The van der Waals surface area contributed by atoms with Crippen molar-refractivity contribution in [1.82, 2.24) is 0 Å². The normalized spacial score (nSPS) is 20.6. The zero-order valence-corrected chi connectivity index (χ0v) is 40.3. The summed E-state index contributed by atoms with van der Waals surface area (Å²) < 4.78 is 59.1. The summed E-state index contributed by atoms with van der Waals surface area (Å²) in [5.74, 6) is -0.435. The minimum Gasteiger partial charge on any atom is -0.457 e. The summed E-state index contributed by atoms with van der Waals surface area (Å²) in [6.07, 6.45) is 49.8. The molecule has 0 radical (unpaired) electrons. The van der Waals surface area contributed by atoms with Gasteiger partial charge in [0.2, 0.25) is 0 Å². The van der Waals surface area contributed by atoms with Crippen LogP contribution in [0.15, 0.2) is 109 Å². The van der Waals surface area contributed by atoms with E-state index in [2.05, 4.69) is 127 Å². The minimum atomic E-state index is -5.08. The number of esters is 1. The molecule has 0 aromatic heterocycles. The quantitative estimate of drug-likeness (QED) is 0.0198. The van der Waals surface area contributed by atoms with Crippen LogP contribution in [0, 0.1) is 0 Å². The van der Waals surface area contributed by atoms with Crippen LogP contribution in [0.25, 0.3) is 0 Å². The van der Waals surface area contributed by atoms with Gasteiger partial charge in [-0.3, -0.25) is 9.35 Å². The van der Waals surface area contributed by atoms with Crippen molar-refractivity contribution >= 4 is 16.4 Å². The first-order chi connectivity index (χ1) is 31.6. The Kier molecular flexibility index (Phi) is 38.8. The number of allylic oxidation sites excluding steroid dienone is 18. The summed E-state index contributed by atoms with van der Waals surface area (Å²) in [4.78, 5) is 12.9. The Balaban J connectivity index is 2.44. The van der Waals surface area contributed by atoms with E-state index in [0.29, 0.717) is 13.0 Å². The second kappa shape index (κ2) is 42.1. The van der Waals surface area contributed by atoms with Gasteiger partial charge in [0.1, 0.15) is 30.5 Å². The predicted molar refractivity (Wildman–Crippen MR) is 261 cm³/mol. The van der Waals surface area contributed by atoms with E-state index in [1.54, 1.807) is 0 Å². The van der Waals surface area contributed by atoms with Crippen LogP contribution in [0.4, 0.5) is 0 Å². The van der Waals surface area contributed by atoms with Crippen LogP contribution in [-0.4, -0.2) is 97.5 Å². The molecule has 0 aliphatic carbocycles. The molecule has 1 fully saturated rings. The number of carbonyl (C=O) groups is 1. The predicted octanol–water partition coefficient (Wildman–Crippen LogP) is 10.8. The van der Waals surface area contributed by atoms with Crippen molar-refractivity contribution < 1.29 is 56.2 Å². The molecule has 0 aromatic carbocycles. The first kappa shape index (κ1) is 59.8. The Hall–Kier alpha value is -3.24. The molecule has 1 aliphatic heterocycles. The van der Waals surface area contributed by atoms with Gasteiger partial charge >= 0.3 is 16.4 Å². The molecule has 12 nitrogen and oxygen atoms in total. The van der Waals surface area contributed by atoms with E-state index in [4.69, 9.17) is 18.9 Å². The summed E-state index contributed by atoms with van der Waals surface area (Å²) in [5.41, 5.74) is 0. The van der Waals surface area contributed by atoms with E-state index < -0.39 is 59.8 Å². The Morgan fingerprint density at radius 3 is 1.55 bits per heavy atom. The van der Waals surface area contributed by atoms with Gasteiger partial charge in [-0.25, -0.2) is 4.18 Å². The average molecular weight is 933 g/mol. The van der Waals surface area contributed by atoms with Gasteiger partial charge in [-0.2, -0.15) is 8.42 Å². The lowest BCUT2D eigenvalue weighted by atomic mass is 9.99. The van der Waals surface area contributed by atoms with E-state index >= 15 is 0 Å².